The van der Waals surface area contributed by atoms with Crippen LogP contribution in [0.4, 0.5) is 10.5 Å². The van der Waals surface area contributed by atoms with E-state index < -0.39 is 11.8 Å². The van der Waals surface area contributed by atoms with Crippen molar-refractivity contribution < 1.29 is 24.1 Å². The lowest BCUT2D eigenvalue weighted by molar-refractivity contribution is -0.0608. The summed E-state index contributed by atoms with van der Waals surface area (Å²) in [6, 6.07) is 5.07. The number of carbonyl (C=O) groups excluding carboxylic acids is 1. The minimum Gasteiger partial charge on any atom is -0.485 e. The standard InChI is InChI=1S/C15H22N2O5/c1-4-20-14(18)16-11-5-6-12-13(7-11)22-9-15(19,8-21-12)17-10(2)3/h5-7,10,17,19H,4,8-9H2,1-3H3,(H,16,18). The summed E-state index contributed by atoms with van der Waals surface area (Å²) in [7, 11) is 0. The number of carbonyl (C=O) groups is 1. The summed E-state index contributed by atoms with van der Waals surface area (Å²) in [5.41, 5.74) is -0.731. The van der Waals surface area contributed by atoms with Gasteiger partial charge in [-0.15, -0.1) is 0 Å². The molecule has 0 aliphatic carbocycles. The minimum absolute atomic E-state index is 0.0427. The lowest BCUT2D eigenvalue weighted by Crippen LogP contribution is -2.56. The molecule has 1 atom stereocenters. The maximum atomic E-state index is 11.4. The predicted octanol–water partition coefficient (Wildman–Crippen LogP) is 1.71. The highest BCUT2D eigenvalue weighted by molar-refractivity contribution is 5.85. The van der Waals surface area contributed by atoms with E-state index in [1.165, 1.54) is 0 Å². The molecule has 1 aromatic carbocycles. The van der Waals surface area contributed by atoms with Gasteiger partial charge in [0.2, 0.25) is 0 Å². The van der Waals surface area contributed by atoms with Gasteiger partial charge in [-0.3, -0.25) is 10.6 Å². The summed E-state index contributed by atoms with van der Waals surface area (Å²) in [5, 5.41) is 16.0. The Morgan fingerprint density at radius 1 is 1.36 bits per heavy atom. The summed E-state index contributed by atoms with van der Waals surface area (Å²) in [6.07, 6.45) is -0.532. The lowest BCUT2D eigenvalue weighted by Gasteiger charge is -2.28. The van der Waals surface area contributed by atoms with E-state index in [4.69, 9.17) is 14.2 Å². The summed E-state index contributed by atoms with van der Waals surface area (Å²) in [6.45, 7) is 6.00. The minimum atomic E-state index is -1.26. The Hall–Kier alpha value is -1.99. The highest BCUT2D eigenvalue weighted by Crippen LogP contribution is 2.33. The van der Waals surface area contributed by atoms with Gasteiger partial charge in [0.25, 0.3) is 0 Å². The number of aliphatic hydroxyl groups is 1. The van der Waals surface area contributed by atoms with E-state index in [0.29, 0.717) is 23.8 Å². The van der Waals surface area contributed by atoms with Crippen LogP contribution in [-0.4, -0.2) is 42.8 Å². The molecule has 122 valence electrons. The molecule has 0 bridgehead atoms. The second-order valence-electron chi connectivity index (χ2n) is 5.41. The number of hydrogen-bond acceptors (Lipinski definition) is 6. The Bertz CT molecular complexity index is 535. The van der Waals surface area contributed by atoms with Gasteiger partial charge >= 0.3 is 6.09 Å². The van der Waals surface area contributed by atoms with Crippen LogP contribution in [0.2, 0.25) is 0 Å². The Kier molecular flexibility index (Phi) is 5.10. The highest BCUT2D eigenvalue weighted by Gasteiger charge is 2.33. The molecule has 0 fully saturated rings. The third-order valence-corrected chi connectivity index (χ3v) is 2.96. The molecule has 1 heterocycles. The molecule has 3 N–H and O–H groups in total. The van der Waals surface area contributed by atoms with E-state index >= 15 is 0 Å². The van der Waals surface area contributed by atoms with Crippen molar-refractivity contribution >= 4 is 11.8 Å². The summed E-state index contributed by atoms with van der Waals surface area (Å²) in [5.74, 6) is 0.965. The third-order valence-electron chi connectivity index (χ3n) is 2.96. The first-order valence-electron chi connectivity index (χ1n) is 7.25. The molecule has 1 unspecified atom stereocenters. The van der Waals surface area contributed by atoms with E-state index in [-0.39, 0.29) is 19.3 Å². The fourth-order valence-electron chi connectivity index (χ4n) is 2.16. The van der Waals surface area contributed by atoms with E-state index in [9.17, 15) is 9.90 Å². The number of rotatable bonds is 4. The van der Waals surface area contributed by atoms with Crippen LogP contribution >= 0.6 is 0 Å². The van der Waals surface area contributed by atoms with Crippen molar-refractivity contribution in [2.45, 2.75) is 32.5 Å². The molecule has 0 radical (unpaired) electrons. The van der Waals surface area contributed by atoms with Gasteiger partial charge in [-0.05, 0) is 32.9 Å². The third kappa shape index (κ3) is 4.25. The topological polar surface area (TPSA) is 89.1 Å². The monoisotopic (exact) mass is 310 g/mol. The zero-order chi connectivity index (χ0) is 16.2. The number of benzene rings is 1. The van der Waals surface area contributed by atoms with E-state index in [2.05, 4.69) is 10.6 Å². The average molecular weight is 310 g/mol. The van der Waals surface area contributed by atoms with Crippen molar-refractivity contribution in [3.63, 3.8) is 0 Å². The number of hydrogen-bond donors (Lipinski definition) is 3. The smallest absolute Gasteiger partial charge is 0.411 e. The molecule has 7 nitrogen and oxygen atoms in total. The second-order valence-corrected chi connectivity index (χ2v) is 5.41. The molecule has 1 aliphatic heterocycles. The molecule has 1 amide bonds. The van der Waals surface area contributed by atoms with Gasteiger partial charge in [0.15, 0.2) is 17.2 Å². The molecule has 1 aliphatic rings. The van der Waals surface area contributed by atoms with E-state index in [0.717, 1.165) is 0 Å². The Labute approximate surface area is 129 Å². The number of anilines is 1. The fraction of sp³-hybridized carbons (Fsp3) is 0.533. The number of nitrogens with one attached hydrogen (secondary N) is 2. The van der Waals surface area contributed by atoms with Crippen molar-refractivity contribution in [2.75, 3.05) is 25.1 Å². The molecule has 0 aromatic heterocycles. The first-order chi connectivity index (χ1) is 10.4. The Morgan fingerprint density at radius 2 is 2.05 bits per heavy atom. The summed E-state index contributed by atoms with van der Waals surface area (Å²) >= 11 is 0. The van der Waals surface area contributed by atoms with Crippen LogP contribution in [0.25, 0.3) is 0 Å². The Balaban J connectivity index is 2.08. The van der Waals surface area contributed by atoms with Crippen molar-refractivity contribution in [1.29, 1.82) is 0 Å². The molecule has 0 saturated carbocycles. The van der Waals surface area contributed by atoms with Gasteiger partial charge in [0.05, 0.1) is 6.61 Å². The maximum absolute atomic E-state index is 11.4. The van der Waals surface area contributed by atoms with Gasteiger partial charge < -0.3 is 19.3 Å². The quantitative estimate of drug-likeness (QED) is 0.734. The van der Waals surface area contributed by atoms with E-state index in [1.807, 2.05) is 13.8 Å². The lowest BCUT2D eigenvalue weighted by atomic mass is 10.2. The second kappa shape index (κ2) is 6.85. The largest absolute Gasteiger partial charge is 0.485 e. The van der Waals surface area contributed by atoms with Crippen LogP contribution in [0.3, 0.4) is 0 Å². The summed E-state index contributed by atoms with van der Waals surface area (Å²) < 4.78 is 16.0. The van der Waals surface area contributed by atoms with Crippen LogP contribution in [0.1, 0.15) is 20.8 Å². The molecule has 0 saturated heterocycles. The van der Waals surface area contributed by atoms with E-state index in [1.54, 1.807) is 25.1 Å². The maximum Gasteiger partial charge on any atom is 0.411 e. The van der Waals surface area contributed by atoms with Crippen LogP contribution in [0.5, 0.6) is 11.5 Å². The first kappa shape index (κ1) is 16.4. The van der Waals surface area contributed by atoms with Gasteiger partial charge in [0.1, 0.15) is 13.2 Å². The predicted molar refractivity (Wildman–Crippen MR) is 81.3 cm³/mol. The average Bonchev–Trinajstić information content (AvgIpc) is 2.58. The van der Waals surface area contributed by atoms with Gasteiger partial charge in [-0.1, -0.05) is 0 Å². The van der Waals surface area contributed by atoms with Crippen molar-refractivity contribution in [3.05, 3.63) is 18.2 Å². The van der Waals surface area contributed by atoms with Crippen molar-refractivity contribution in [2.24, 2.45) is 0 Å². The van der Waals surface area contributed by atoms with Crippen LogP contribution < -0.4 is 20.1 Å². The van der Waals surface area contributed by atoms with Gasteiger partial charge in [-0.2, -0.15) is 0 Å². The molecule has 22 heavy (non-hydrogen) atoms. The molecule has 1 aromatic rings. The highest BCUT2D eigenvalue weighted by atomic mass is 16.6. The molecular formula is C15H22N2O5. The molecule has 0 spiro atoms. The summed E-state index contributed by atoms with van der Waals surface area (Å²) in [4.78, 5) is 11.4. The van der Waals surface area contributed by atoms with Crippen molar-refractivity contribution in [3.8, 4) is 11.5 Å². The zero-order valence-corrected chi connectivity index (χ0v) is 13.0. The molecule has 7 heteroatoms. The molecular weight excluding hydrogens is 288 g/mol. The zero-order valence-electron chi connectivity index (χ0n) is 13.0. The normalized spacial score (nSPS) is 20.4. The number of fused-ring (bicyclic) bond motifs is 1. The van der Waals surface area contributed by atoms with Crippen LogP contribution in [0, 0.1) is 0 Å². The number of amides is 1. The fourth-order valence-corrected chi connectivity index (χ4v) is 2.16. The molecule has 2 rings (SSSR count). The number of ether oxygens (including phenoxy) is 3. The van der Waals surface area contributed by atoms with Crippen molar-refractivity contribution in [1.82, 2.24) is 5.32 Å². The van der Waals surface area contributed by atoms with Crippen LogP contribution in [-0.2, 0) is 4.74 Å². The first-order valence-corrected chi connectivity index (χ1v) is 7.25. The Morgan fingerprint density at radius 3 is 2.68 bits per heavy atom. The van der Waals surface area contributed by atoms with Crippen LogP contribution in [0.15, 0.2) is 18.2 Å². The SMILES string of the molecule is CCOC(=O)Nc1ccc2c(c1)OCC(O)(NC(C)C)CO2. The van der Waals surface area contributed by atoms with Gasteiger partial charge in [-0.25, -0.2) is 4.79 Å². The van der Waals surface area contributed by atoms with Gasteiger partial charge in [0, 0.05) is 17.8 Å².